The number of carbonyl (C=O) groups is 2. The molecule has 0 aromatic rings. The van der Waals surface area contributed by atoms with Crippen molar-refractivity contribution in [3.8, 4) is 0 Å². The molecule has 0 aromatic heterocycles. The van der Waals surface area contributed by atoms with E-state index in [1.165, 1.54) is 13.2 Å². The number of rotatable bonds is 9. The van der Waals surface area contributed by atoms with Gasteiger partial charge in [0, 0.05) is 19.4 Å². The predicted molar refractivity (Wildman–Crippen MR) is 100 cm³/mol. The molecule has 2 fully saturated rings. The van der Waals surface area contributed by atoms with Crippen LogP contribution in [0.25, 0.3) is 0 Å². The molecule has 0 aromatic carbocycles. The van der Waals surface area contributed by atoms with Crippen LogP contribution in [0.15, 0.2) is 12.7 Å². The average Bonchev–Trinajstić information content (AvgIpc) is 3.33. The summed E-state index contributed by atoms with van der Waals surface area (Å²) in [5.74, 6) is -0.609. The quantitative estimate of drug-likeness (QED) is 0.294. The molecule has 8 unspecified atom stereocenters. The molecular weight excluding hydrogens is 368 g/mol. The molecular formula is C19H32N2O7. The molecule has 28 heavy (non-hydrogen) atoms. The molecule has 2 saturated heterocycles. The second-order valence-corrected chi connectivity index (χ2v) is 7.76. The van der Waals surface area contributed by atoms with Crippen LogP contribution in [0.3, 0.4) is 0 Å². The summed E-state index contributed by atoms with van der Waals surface area (Å²) >= 11 is 0. The van der Waals surface area contributed by atoms with Gasteiger partial charge in [-0.25, -0.2) is 4.79 Å². The van der Waals surface area contributed by atoms with Gasteiger partial charge in [0.1, 0.15) is 30.0 Å². The SMILES string of the molecule is C=CC(OC)C1(O)CC(C(C)C2OC2(C)C(C)OC(=O)C(C)NC)OC(=O)N1. The van der Waals surface area contributed by atoms with E-state index in [-0.39, 0.29) is 24.4 Å². The highest BCUT2D eigenvalue weighted by Gasteiger charge is 2.62. The van der Waals surface area contributed by atoms with Crippen LogP contribution in [0.2, 0.25) is 0 Å². The first-order valence-electron chi connectivity index (χ1n) is 9.44. The first-order chi connectivity index (χ1) is 13.0. The van der Waals surface area contributed by atoms with E-state index >= 15 is 0 Å². The topological polar surface area (TPSA) is 119 Å². The monoisotopic (exact) mass is 400 g/mol. The normalized spacial score (nSPS) is 36.3. The van der Waals surface area contributed by atoms with E-state index in [2.05, 4.69) is 17.2 Å². The van der Waals surface area contributed by atoms with Crippen LogP contribution in [-0.2, 0) is 23.7 Å². The van der Waals surface area contributed by atoms with E-state index in [9.17, 15) is 14.7 Å². The summed E-state index contributed by atoms with van der Waals surface area (Å²) in [7, 11) is 3.10. The number of hydrogen-bond acceptors (Lipinski definition) is 8. The summed E-state index contributed by atoms with van der Waals surface area (Å²) in [6.07, 6.45) is -1.39. The van der Waals surface area contributed by atoms with Crippen molar-refractivity contribution in [1.29, 1.82) is 0 Å². The number of nitrogens with one attached hydrogen (secondary N) is 2. The molecule has 1 amide bonds. The summed E-state index contributed by atoms with van der Waals surface area (Å²) in [5.41, 5.74) is -2.33. The Morgan fingerprint density at radius 3 is 2.64 bits per heavy atom. The van der Waals surface area contributed by atoms with Crippen LogP contribution >= 0.6 is 0 Å². The number of ether oxygens (including phenoxy) is 4. The number of cyclic esters (lactones) is 1. The maximum absolute atomic E-state index is 12.0. The summed E-state index contributed by atoms with van der Waals surface area (Å²) < 4.78 is 22.0. The Labute approximate surface area is 165 Å². The van der Waals surface area contributed by atoms with E-state index in [4.69, 9.17) is 18.9 Å². The van der Waals surface area contributed by atoms with Crippen LogP contribution in [0.4, 0.5) is 4.79 Å². The van der Waals surface area contributed by atoms with Gasteiger partial charge in [-0.15, -0.1) is 6.58 Å². The number of hydrogen-bond donors (Lipinski definition) is 3. The third-order valence-electron chi connectivity index (χ3n) is 5.87. The van der Waals surface area contributed by atoms with Crippen LogP contribution in [0, 0.1) is 5.92 Å². The Morgan fingerprint density at radius 2 is 2.11 bits per heavy atom. The van der Waals surface area contributed by atoms with Crippen molar-refractivity contribution in [3.63, 3.8) is 0 Å². The van der Waals surface area contributed by atoms with Crippen LogP contribution in [-0.4, -0.2) is 73.1 Å². The first kappa shape index (κ1) is 22.6. The number of amides is 1. The third kappa shape index (κ3) is 4.32. The number of likely N-dealkylation sites (N-methyl/N-ethyl adjacent to an activating group) is 1. The Bertz CT molecular complexity index is 615. The van der Waals surface area contributed by atoms with Crippen molar-refractivity contribution < 1.29 is 33.6 Å². The van der Waals surface area contributed by atoms with Gasteiger partial charge in [0.05, 0.1) is 6.10 Å². The maximum atomic E-state index is 12.0. The third-order valence-corrected chi connectivity index (χ3v) is 5.87. The van der Waals surface area contributed by atoms with E-state index in [1.807, 2.05) is 13.8 Å². The number of esters is 1. The minimum atomic E-state index is -1.63. The molecule has 160 valence electrons. The van der Waals surface area contributed by atoms with Crippen LogP contribution < -0.4 is 10.6 Å². The van der Waals surface area contributed by atoms with Crippen molar-refractivity contribution in [3.05, 3.63) is 12.7 Å². The van der Waals surface area contributed by atoms with Gasteiger partial charge in [-0.2, -0.15) is 0 Å². The van der Waals surface area contributed by atoms with Gasteiger partial charge in [0.15, 0.2) is 5.72 Å². The smallest absolute Gasteiger partial charge is 0.409 e. The molecule has 2 aliphatic heterocycles. The number of carbonyl (C=O) groups excluding carboxylic acids is 2. The molecule has 0 radical (unpaired) electrons. The minimum Gasteiger partial charge on any atom is -0.458 e. The fraction of sp³-hybridized carbons (Fsp3) is 0.789. The van der Waals surface area contributed by atoms with E-state index in [0.29, 0.717) is 0 Å². The summed E-state index contributed by atoms with van der Waals surface area (Å²) in [5, 5.41) is 16.1. The van der Waals surface area contributed by atoms with E-state index in [0.717, 1.165) is 0 Å². The summed E-state index contributed by atoms with van der Waals surface area (Å²) in [4.78, 5) is 24.1. The van der Waals surface area contributed by atoms with Crippen LogP contribution in [0.5, 0.6) is 0 Å². The standard InChI is InChI=1S/C19H32N2O7/c1-8-14(25-7)19(24)9-13(27-17(23)21-19)10(2)15-18(5,28-15)12(4)26-16(22)11(3)20-6/h8,10-15,20,24H,1,9H2,2-7H3,(H,21,23). The lowest BCUT2D eigenvalue weighted by Crippen LogP contribution is -2.63. The Morgan fingerprint density at radius 1 is 1.46 bits per heavy atom. The number of aliphatic hydroxyl groups is 1. The fourth-order valence-electron chi connectivity index (χ4n) is 3.61. The highest BCUT2D eigenvalue weighted by Crippen LogP contribution is 2.47. The molecule has 9 heteroatoms. The molecule has 0 saturated carbocycles. The van der Waals surface area contributed by atoms with Gasteiger partial charge in [-0.3, -0.25) is 10.1 Å². The summed E-state index contributed by atoms with van der Waals surface area (Å²) in [6.45, 7) is 10.9. The largest absolute Gasteiger partial charge is 0.458 e. The highest BCUT2D eigenvalue weighted by atomic mass is 16.7. The second-order valence-electron chi connectivity index (χ2n) is 7.76. The van der Waals surface area contributed by atoms with Gasteiger partial charge >= 0.3 is 12.1 Å². The molecule has 0 spiro atoms. The Balaban J connectivity index is 2.05. The number of alkyl carbamates (subject to hydrolysis) is 1. The van der Waals surface area contributed by atoms with Gasteiger partial charge in [0.25, 0.3) is 0 Å². The molecule has 2 heterocycles. The lowest BCUT2D eigenvalue weighted by molar-refractivity contribution is -0.153. The number of methoxy groups -OCH3 is 1. The molecule has 0 aliphatic carbocycles. The first-order valence-corrected chi connectivity index (χ1v) is 9.44. The van der Waals surface area contributed by atoms with Gasteiger partial charge in [-0.1, -0.05) is 13.0 Å². The molecule has 2 rings (SSSR count). The molecule has 2 aliphatic rings. The minimum absolute atomic E-state index is 0.103. The van der Waals surface area contributed by atoms with Crippen molar-refractivity contribution in [2.75, 3.05) is 14.2 Å². The van der Waals surface area contributed by atoms with E-state index in [1.54, 1.807) is 20.9 Å². The van der Waals surface area contributed by atoms with Crippen molar-refractivity contribution in [2.24, 2.45) is 5.92 Å². The highest BCUT2D eigenvalue weighted by molar-refractivity contribution is 5.75. The Hall–Kier alpha value is -1.68. The zero-order valence-corrected chi connectivity index (χ0v) is 17.4. The van der Waals surface area contributed by atoms with Crippen molar-refractivity contribution in [2.45, 2.75) is 75.9 Å². The maximum Gasteiger partial charge on any atom is 0.409 e. The van der Waals surface area contributed by atoms with Gasteiger partial charge in [-0.05, 0) is 27.8 Å². The lowest BCUT2D eigenvalue weighted by atomic mass is 9.84. The Kier molecular flexibility index (Phi) is 6.75. The lowest BCUT2D eigenvalue weighted by Gasteiger charge is -2.42. The average molecular weight is 400 g/mol. The molecule has 8 atom stereocenters. The predicted octanol–water partition coefficient (Wildman–Crippen LogP) is 0.708. The van der Waals surface area contributed by atoms with Crippen LogP contribution in [0.1, 0.15) is 34.1 Å². The molecule has 0 bridgehead atoms. The molecule has 3 N–H and O–H groups in total. The zero-order chi connectivity index (χ0) is 21.3. The van der Waals surface area contributed by atoms with Gasteiger partial charge in [0.2, 0.25) is 0 Å². The van der Waals surface area contributed by atoms with Crippen molar-refractivity contribution in [1.82, 2.24) is 10.6 Å². The second kappa shape index (κ2) is 8.36. The fourth-order valence-corrected chi connectivity index (χ4v) is 3.61. The molecule has 9 nitrogen and oxygen atoms in total. The summed E-state index contributed by atoms with van der Waals surface area (Å²) in [6, 6.07) is -0.425. The van der Waals surface area contributed by atoms with Crippen molar-refractivity contribution >= 4 is 12.1 Å². The van der Waals surface area contributed by atoms with E-state index < -0.39 is 41.8 Å². The number of epoxide rings is 1. The van der Waals surface area contributed by atoms with Gasteiger partial charge < -0.3 is 29.4 Å². The zero-order valence-electron chi connectivity index (χ0n) is 17.4.